The van der Waals surface area contributed by atoms with Gasteiger partial charge in [-0.05, 0) is 18.6 Å². The summed E-state index contributed by atoms with van der Waals surface area (Å²) in [5, 5.41) is 7.05. The molecule has 0 aromatic carbocycles. The highest BCUT2D eigenvalue weighted by Gasteiger charge is 1.94. The van der Waals surface area contributed by atoms with Crippen LogP contribution in [0.15, 0.2) is 0 Å². The Balaban J connectivity index is 3.08. The summed E-state index contributed by atoms with van der Waals surface area (Å²) in [4.78, 5) is 0. The van der Waals surface area contributed by atoms with E-state index in [1.54, 1.807) is 7.11 Å². The molecular weight excluding hydrogens is 232 g/mol. The van der Waals surface area contributed by atoms with E-state index < -0.39 is 0 Å². The van der Waals surface area contributed by atoms with E-state index in [1.807, 2.05) is 0 Å². The Bertz CT molecular complexity index is 177. The second-order valence-corrected chi connectivity index (χ2v) is 4.71. The molecule has 0 radical (unpaired) electrons. The van der Waals surface area contributed by atoms with Crippen molar-refractivity contribution in [1.82, 2.24) is 10.6 Å². The minimum Gasteiger partial charge on any atom is -0.383 e. The fourth-order valence-electron chi connectivity index (χ4n) is 1.61. The third kappa shape index (κ3) is 13.6. The van der Waals surface area contributed by atoms with Crippen LogP contribution in [0.1, 0.15) is 51.9 Å². The van der Waals surface area contributed by atoms with Crippen LogP contribution in [0.25, 0.3) is 0 Å². The van der Waals surface area contributed by atoms with Crippen LogP contribution < -0.4 is 10.6 Å². The number of hydrogen-bond acceptors (Lipinski definition) is 2. The van der Waals surface area contributed by atoms with Gasteiger partial charge in [0.1, 0.15) is 0 Å². The van der Waals surface area contributed by atoms with Crippen molar-refractivity contribution in [3.05, 3.63) is 0 Å². The molecule has 0 aliphatic rings. The maximum atomic E-state index is 5.12. The predicted molar refractivity (Wildman–Crippen MR) is 78.5 cm³/mol. The van der Waals surface area contributed by atoms with Gasteiger partial charge in [-0.25, -0.2) is 0 Å². The Morgan fingerprint density at radius 3 is 2.18 bits per heavy atom. The first-order valence-corrected chi connectivity index (χ1v) is 7.22. The van der Waals surface area contributed by atoms with Gasteiger partial charge in [0.05, 0.1) is 6.61 Å². The number of hydrogen-bond donors (Lipinski definition) is 2. The molecule has 0 amide bonds. The second-order valence-electron chi connectivity index (χ2n) is 4.30. The van der Waals surface area contributed by atoms with E-state index >= 15 is 0 Å². The number of ether oxygens (including phenoxy) is 1. The summed E-state index contributed by atoms with van der Waals surface area (Å²) in [5.74, 6) is 0. The summed E-state index contributed by atoms with van der Waals surface area (Å²) in [6.07, 6.45) is 9.33. The Morgan fingerprint density at radius 1 is 0.941 bits per heavy atom. The van der Waals surface area contributed by atoms with E-state index in [0.29, 0.717) is 6.61 Å². The molecule has 2 N–H and O–H groups in total. The number of unbranched alkanes of at least 4 members (excludes halogenated alkanes) is 6. The lowest BCUT2D eigenvalue weighted by molar-refractivity contribution is 0.204. The number of nitrogens with one attached hydrogen (secondary N) is 2. The summed E-state index contributed by atoms with van der Waals surface area (Å²) in [6.45, 7) is 4.70. The Labute approximate surface area is 112 Å². The van der Waals surface area contributed by atoms with E-state index in [-0.39, 0.29) is 0 Å². The molecule has 0 aromatic heterocycles. The number of methoxy groups -OCH3 is 1. The van der Waals surface area contributed by atoms with Crippen LogP contribution in [0, 0.1) is 0 Å². The molecule has 0 atom stereocenters. The van der Waals surface area contributed by atoms with Crippen LogP contribution in [-0.4, -0.2) is 31.9 Å². The van der Waals surface area contributed by atoms with Crippen LogP contribution >= 0.6 is 12.2 Å². The van der Waals surface area contributed by atoms with Crippen molar-refractivity contribution in [2.75, 3.05) is 26.8 Å². The Hall–Kier alpha value is -0.350. The van der Waals surface area contributed by atoms with Gasteiger partial charge in [-0.3, -0.25) is 0 Å². The van der Waals surface area contributed by atoms with E-state index in [0.717, 1.165) is 18.2 Å². The highest BCUT2D eigenvalue weighted by Crippen LogP contribution is 2.06. The first-order valence-electron chi connectivity index (χ1n) is 6.82. The normalized spacial score (nSPS) is 10.2. The van der Waals surface area contributed by atoms with E-state index in [1.165, 1.54) is 44.9 Å². The smallest absolute Gasteiger partial charge is 0.166 e. The lowest BCUT2D eigenvalue weighted by atomic mass is 10.1. The molecule has 0 fully saturated rings. The molecule has 102 valence electrons. The van der Waals surface area contributed by atoms with E-state index in [4.69, 9.17) is 17.0 Å². The van der Waals surface area contributed by atoms with Gasteiger partial charge in [0.15, 0.2) is 5.11 Å². The first-order chi connectivity index (χ1) is 8.31. The summed E-state index contributed by atoms with van der Waals surface area (Å²) >= 11 is 5.12. The van der Waals surface area contributed by atoms with Gasteiger partial charge in [-0.15, -0.1) is 0 Å². The zero-order chi connectivity index (χ0) is 12.8. The average molecular weight is 260 g/mol. The lowest BCUT2D eigenvalue weighted by Crippen LogP contribution is -2.37. The van der Waals surface area contributed by atoms with Gasteiger partial charge in [-0.1, -0.05) is 45.4 Å². The Morgan fingerprint density at radius 2 is 1.53 bits per heavy atom. The second kappa shape index (κ2) is 13.7. The average Bonchev–Trinajstić information content (AvgIpc) is 2.33. The summed E-state index contributed by atoms with van der Waals surface area (Å²) in [7, 11) is 1.69. The largest absolute Gasteiger partial charge is 0.383 e. The molecule has 0 aromatic rings. The van der Waals surface area contributed by atoms with Gasteiger partial charge in [-0.2, -0.15) is 0 Å². The fourth-order valence-corrected chi connectivity index (χ4v) is 1.82. The van der Waals surface area contributed by atoms with Gasteiger partial charge in [0.25, 0.3) is 0 Å². The molecule has 4 heteroatoms. The van der Waals surface area contributed by atoms with Crippen molar-refractivity contribution in [3.8, 4) is 0 Å². The minimum atomic E-state index is 0.694. The molecule has 0 saturated heterocycles. The van der Waals surface area contributed by atoms with Crippen LogP contribution in [0.5, 0.6) is 0 Å². The minimum absolute atomic E-state index is 0.694. The van der Waals surface area contributed by atoms with Crippen molar-refractivity contribution in [1.29, 1.82) is 0 Å². The van der Waals surface area contributed by atoms with Crippen molar-refractivity contribution in [2.24, 2.45) is 0 Å². The SMILES string of the molecule is CCCCCCCCCNC(=S)NCCOC. The van der Waals surface area contributed by atoms with Crippen LogP contribution in [0.3, 0.4) is 0 Å². The molecule has 0 spiro atoms. The van der Waals surface area contributed by atoms with E-state index in [2.05, 4.69) is 17.6 Å². The first kappa shape index (κ1) is 16.6. The lowest BCUT2D eigenvalue weighted by Gasteiger charge is -2.09. The highest BCUT2D eigenvalue weighted by molar-refractivity contribution is 7.80. The van der Waals surface area contributed by atoms with Crippen molar-refractivity contribution < 1.29 is 4.74 Å². The van der Waals surface area contributed by atoms with Crippen LogP contribution in [0.2, 0.25) is 0 Å². The summed E-state index contributed by atoms with van der Waals surface area (Å²) in [5.41, 5.74) is 0. The van der Waals surface area contributed by atoms with Crippen LogP contribution in [0.4, 0.5) is 0 Å². The predicted octanol–water partition coefficient (Wildman–Crippen LogP) is 2.85. The molecule has 0 aliphatic carbocycles. The summed E-state index contributed by atoms with van der Waals surface area (Å²) < 4.78 is 4.93. The molecule has 0 unspecified atom stereocenters. The highest BCUT2D eigenvalue weighted by atomic mass is 32.1. The number of thiocarbonyl (C=S) groups is 1. The molecule has 0 aliphatic heterocycles. The van der Waals surface area contributed by atoms with Crippen molar-refractivity contribution in [3.63, 3.8) is 0 Å². The molecule has 17 heavy (non-hydrogen) atoms. The molecule has 0 bridgehead atoms. The quantitative estimate of drug-likeness (QED) is 0.442. The molecule has 0 heterocycles. The Kier molecular flexibility index (Phi) is 13.4. The monoisotopic (exact) mass is 260 g/mol. The van der Waals surface area contributed by atoms with Gasteiger partial charge in [0, 0.05) is 20.2 Å². The van der Waals surface area contributed by atoms with Gasteiger partial charge in [0.2, 0.25) is 0 Å². The third-order valence-corrected chi connectivity index (χ3v) is 2.95. The van der Waals surface area contributed by atoms with Crippen molar-refractivity contribution >= 4 is 17.3 Å². The fraction of sp³-hybridized carbons (Fsp3) is 0.923. The standard InChI is InChI=1S/C13H28N2OS/c1-3-4-5-6-7-8-9-10-14-13(17)15-11-12-16-2/h3-12H2,1-2H3,(H2,14,15,17). The molecule has 3 nitrogen and oxygen atoms in total. The van der Waals surface area contributed by atoms with Crippen molar-refractivity contribution in [2.45, 2.75) is 51.9 Å². The third-order valence-electron chi connectivity index (χ3n) is 2.66. The molecule has 0 saturated carbocycles. The topological polar surface area (TPSA) is 33.3 Å². The maximum Gasteiger partial charge on any atom is 0.166 e. The zero-order valence-corrected chi connectivity index (χ0v) is 12.2. The van der Waals surface area contributed by atoms with Gasteiger partial charge < -0.3 is 15.4 Å². The summed E-state index contributed by atoms with van der Waals surface area (Å²) in [6, 6.07) is 0. The van der Waals surface area contributed by atoms with Crippen LogP contribution in [-0.2, 0) is 4.74 Å². The zero-order valence-electron chi connectivity index (χ0n) is 11.4. The molecular formula is C13H28N2OS. The van der Waals surface area contributed by atoms with Gasteiger partial charge >= 0.3 is 0 Å². The number of rotatable bonds is 11. The maximum absolute atomic E-state index is 5.12. The van der Waals surface area contributed by atoms with E-state index in [9.17, 15) is 0 Å². The molecule has 0 rings (SSSR count).